The van der Waals surface area contributed by atoms with E-state index >= 15 is 0 Å². The molecule has 0 radical (unpaired) electrons. The van der Waals surface area contributed by atoms with Crippen molar-refractivity contribution in [2.45, 2.75) is 60.7 Å². The number of hydrogen-bond acceptors (Lipinski definition) is 11. The number of guanidine groups is 2. The van der Waals surface area contributed by atoms with Crippen LogP contribution in [0.4, 0.5) is 10.5 Å². The molecule has 240 valence electrons. The van der Waals surface area contributed by atoms with Crippen LogP contribution in [0.3, 0.4) is 0 Å². The minimum absolute atomic E-state index is 0.0186. The van der Waals surface area contributed by atoms with Crippen molar-refractivity contribution >= 4 is 35.5 Å². The number of anilines is 1. The standard InChI is InChI=1S/C31H35N9O6/c32-26-36-24-20(14-39-22(41)16-38(28(39)43)17-6-2-1-3-7-17)34-27(33)40-15-21(31(44,45)30(24,40)37-26)35-25(42)18-8-4-9-19-23(18)46-13-12-29(19)10-5-11-29/h1-4,6-9,20-21,24,44-45H,5,10-16H2,(H2,33,34)(H,35,42)(H3,32,36,37)/p+1/t20-,21?,24-,30-/m0/s1. The van der Waals surface area contributed by atoms with E-state index in [2.05, 4.69) is 20.6 Å². The maximum Gasteiger partial charge on any atom is 0.343 e. The lowest BCUT2D eigenvalue weighted by atomic mass is 9.61. The fraction of sp³-hybridized carbons (Fsp3) is 0.452. The van der Waals surface area contributed by atoms with Crippen LogP contribution in [-0.2, 0) is 10.2 Å². The molecule has 46 heavy (non-hydrogen) atoms. The summed E-state index contributed by atoms with van der Waals surface area (Å²) >= 11 is 0. The van der Waals surface area contributed by atoms with Gasteiger partial charge in [-0.15, -0.1) is 0 Å². The summed E-state index contributed by atoms with van der Waals surface area (Å²) in [6.07, 6.45) is 4.12. The van der Waals surface area contributed by atoms with Crippen LogP contribution in [0.25, 0.3) is 0 Å². The van der Waals surface area contributed by atoms with Crippen molar-refractivity contribution in [1.29, 1.82) is 0 Å². The Hall–Kier alpha value is -4.89. The van der Waals surface area contributed by atoms with Crippen molar-refractivity contribution < 1.29 is 34.3 Å². The zero-order valence-corrected chi connectivity index (χ0v) is 25.0. The van der Waals surface area contributed by atoms with Gasteiger partial charge in [0.2, 0.25) is 5.79 Å². The second-order valence-corrected chi connectivity index (χ2v) is 13.0. The van der Waals surface area contributed by atoms with E-state index in [1.54, 1.807) is 30.3 Å². The molecule has 5 aliphatic heterocycles. The molecule has 1 saturated carbocycles. The molecule has 2 spiro atoms. The predicted molar refractivity (Wildman–Crippen MR) is 163 cm³/mol. The monoisotopic (exact) mass is 630 g/mol. The molecule has 0 aromatic heterocycles. The molecule has 15 nitrogen and oxygen atoms in total. The molecular formula is C31H36N9O6+. The van der Waals surface area contributed by atoms with Gasteiger partial charge in [-0.25, -0.2) is 15.1 Å². The van der Waals surface area contributed by atoms with Crippen molar-refractivity contribution in [3.05, 3.63) is 59.7 Å². The number of urea groups is 1. The molecular weight excluding hydrogens is 594 g/mol. The molecule has 3 fully saturated rings. The fourth-order valence-corrected chi connectivity index (χ4v) is 8.17. The van der Waals surface area contributed by atoms with Crippen LogP contribution in [0.2, 0.25) is 0 Å². The Balaban J connectivity index is 1.07. The number of rotatable bonds is 5. The third-order valence-electron chi connectivity index (χ3n) is 10.7. The Bertz CT molecular complexity index is 1710. The van der Waals surface area contributed by atoms with Gasteiger partial charge in [0.05, 0.1) is 25.3 Å². The van der Waals surface area contributed by atoms with Crippen molar-refractivity contribution in [3.8, 4) is 5.75 Å². The van der Waals surface area contributed by atoms with Crippen LogP contribution in [0.1, 0.15) is 41.6 Å². The first-order valence-electron chi connectivity index (χ1n) is 15.5. The number of amides is 4. The number of aliphatic hydroxyl groups is 2. The van der Waals surface area contributed by atoms with E-state index in [-0.39, 0.29) is 37.0 Å². The molecule has 8 rings (SSSR count). The Morgan fingerprint density at radius 2 is 1.89 bits per heavy atom. The second kappa shape index (κ2) is 9.80. The Kier molecular flexibility index (Phi) is 6.09. The molecule has 2 aromatic rings. The summed E-state index contributed by atoms with van der Waals surface area (Å²) in [7, 11) is 0. The minimum atomic E-state index is -2.65. The summed E-state index contributed by atoms with van der Waals surface area (Å²) in [4.78, 5) is 51.7. The van der Waals surface area contributed by atoms with Crippen LogP contribution in [-0.4, -0.2) is 106 Å². The van der Waals surface area contributed by atoms with Crippen molar-refractivity contribution in [2.75, 3.05) is 31.1 Å². The largest absolute Gasteiger partial charge is 0.492 e. The number of para-hydroxylation sites is 2. The topological polar surface area (TPSA) is 213 Å². The zero-order valence-electron chi connectivity index (χ0n) is 25.0. The van der Waals surface area contributed by atoms with Crippen LogP contribution in [0.5, 0.6) is 5.75 Å². The van der Waals surface area contributed by atoms with Crippen LogP contribution < -0.4 is 36.7 Å². The Labute approximate surface area is 263 Å². The maximum absolute atomic E-state index is 13.8. The lowest BCUT2D eigenvalue weighted by molar-refractivity contribution is -0.521. The van der Waals surface area contributed by atoms with Gasteiger partial charge in [-0.3, -0.25) is 35.0 Å². The van der Waals surface area contributed by atoms with Crippen LogP contribution >= 0.6 is 0 Å². The van der Waals surface area contributed by atoms with E-state index in [1.165, 1.54) is 9.80 Å². The highest BCUT2D eigenvalue weighted by Crippen LogP contribution is 2.52. The predicted octanol–water partition coefficient (Wildman–Crippen LogP) is -2.79. The summed E-state index contributed by atoms with van der Waals surface area (Å²) in [5.41, 5.74) is 12.8. The van der Waals surface area contributed by atoms with Crippen LogP contribution in [0.15, 0.2) is 53.5 Å². The highest BCUT2D eigenvalue weighted by atomic mass is 16.5. The number of aliphatic imine (C=N–C) groups is 1. The number of nitrogens with two attached hydrogens (primary N) is 2. The van der Waals surface area contributed by atoms with Gasteiger partial charge in [0.25, 0.3) is 17.5 Å². The van der Waals surface area contributed by atoms with Gasteiger partial charge in [0.15, 0.2) is 12.0 Å². The van der Waals surface area contributed by atoms with Crippen molar-refractivity contribution in [3.63, 3.8) is 0 Å². The van der Waals surface area contributed by atoms with Gasteiger partial charge in [-0.05, 0) is 37.5 Å². The average molecular weight is 631 g/mol. The highest BCUT2D eigenvalue weighted by Gasteiger charge is 2.76. The van der Waals surface area contributed by atoms with E-state index in [9.17, 15) is 24.6 Å². The van der Waals surface area contributed by atoms with Gasteiger partial charge in [0, 0.05) is 16.7 Å². The molecule has 4 amide bonds. The number of benzene rings is 2. The molecule has 6 aliphatic rings. The number of fused-ring (bicyclic) bond motifs is 2. The first kappa shape index (κ1) is 28.6. The minimum Gasteiger partial charge on any atom is -0.492 e. The number of imide groups is 1. The van der Waals surface area contributed by atoms with E-state index in [0.29, 0.717) is 23.6 Å². The van der Waals surface area contributed by atoms with Gasteiger partial charge in [0.1, 0.15) is 24.4 Å². The van der Waals surface area contributed by atoms with Crippen molar-refractivity contribution in [1.82, 2.24) is 20.4 Å². The summed E-state index contributed by atoms with van der Waals surface area (Å²) < 4.78 is 6.01. The third-order valence-corrected chi connectivity index (χ3v) is 10.7. The molecule has 15 heteroatoms. The highest BCUT2D eigenvalue weighted by molar-refractivity contribution is 6.12. The lowest BCUT2D eigenvalue weighted by Gasteiger charge is -2.46. The summed E-state index contributed by atoms with van der Waals surface area (Å²) in [6, 6.07) is 10.7. The van der Waals surface area contributed by atoms with Gasteiger partial charge in [-0.2, -0.15) is 0 Å². The first-order chi connectivity index (χ1) is 22.1. The van der Waals surface area contributed by atoms with Crippen LogP contribution in [0, 0.1) is 0 Å². The number of carbonyl (C=O) groups is 3. The zero-order chi connectivity index (χ0) is 32.0. The number of carbonyl (C=O) groups excluding carboxylic acids is 3. The number of ether oxygens (including phenoxy) is 1. The maximum atomic E-state index is 13.8. The quantitative estimate of drug-likeness (QED) is 0.133. The SMILES string of the molecule is NC1=N[C@@H](CN2C(=O)CN(c3ccccc3)C2=O)[C@@H]2[NH+]=C(N)N[C@]23N1CC(NC(=O)c1cccc2c1OCCC21CCC1)C3(O)O. The summed E-state index contributed by atoms with van der Waals surface area (Å²) in [6.45, 7) is 0.0326. The fourth-order valence-electron chi connectivity index (χ4n) is 8.17. The van der Waals surface area contributed by atoms with E-state index < -0.39 is 47.4 Å². The Morgan fingerprint density at radius 1 is 1.11 bits per heavy atom. The molecule has 5 heterocycles. The van der Waals surface area contributed by atoms with E-state index in [4.69, 9.17) is 16.2 Å². The molecule has 2 saturated heterocycles. The third kappa shape index (κ3) is 3.81. The van der Waals surface area contributed by atoms with Gasteiger partial charge < -0.3 is 26.0 Å². The second-order valence-electron chi connectivity index (χ2n) is 13.0. The Morgan fingerprint density at radius 3 is 2.63 bits per heavy atom. The molecule has 4 atom stereocenters. The lowest BCUT2D eigenvalue weighted by Crippen LogP contribution is -2.90. The van der Waals surface area contributed by atoms with E-state index in [0.717, 1.165) is 36.1 Å². The molecule has 9 N–H and O–H groups in total. The average Bonchev–Trinajstić information content (AvgIpc) is 3.61. The smallest absolute Gasteiger partial charge is 0.343 e. The number of nitrogens with zero attached hydrogens (tertiary/aromatic N) is 4. The molecule has 2 aromatic carbocycles. The van der Waals surface area contributed by atoms with Crippen molar-refractivity contribution in [2.24, 2.45) is 16.5 Å². The molecule has 1 aliphatic carbocycles. The number of nitrogens with one attached hydrogen (secondary N) is 3. The first-order valence-corrected chi connectivity index (χ1v) is 15.5. The normalized spacial score (nSPS) is 30.0. The summed E-state index contributed by atoms with van der Waals surface area (Å²) in [5, 5.41) is 29.6. The number of hydrogen-bond donors (Lipinski definition) is 7. The molecule has 0 bridgehead atoms. The van der Waals surface area contributed by atoms with Gasteiger partial charge in [-0.1, -0.05) is 36.8 Å². The van der Waals surface area contributed by atoms with E-state index in [1.807, 2.05) is 18.2 Å². The molecule has 1 unspecified atom stereocenters. The summed E-state index contributed by atoms with van der Waals surface area (Å²) in [5.74, 6) is -3.13. The van der Waals surface area contributed by atoms with Gasteiger partial charge >= 0.3 is 12.0 Å².